The molecule has 0 spiro atoms. The number of amides is 1. The molecule has 24 heavy (non-hydrogen) atoms. The third-order valence-electron chi connectivity index (χ3n) is 3.69. The zero-order valence-corrected chi connectivity index (χ0v) is 13.1. The van der Waals surface area contributed by atoms with Crippen molar-refractivity contribution in [3.05, 3.63) is 35.4 Å². The molecule has 1 aromatic rings. The molecule has 1 amide bonds. The van der Waals surface area contributed by atoms with Crippen molar-refractivity contribution >= 4 is 5.91 Å². The fourth-order valence-electron chi connectivity index (χ4n) is 2.41. The van der Waals surface area contributed by atoms with Gasteiger partial charge in [-0.05, 0) is 24.0 Å². The summed E-state index contributed by atoms with van der Waals surface area (Å²) in [6.07, 6.45) is -3.41. The average molecular weight is 346 g/mol. The lowest BCUT2D eigenvalue weighted by molar-refractivity contribution is -0.176. The van der Waals surface area contributed by atoms with Crippen molar-refractivity contribution in [1.82, 2.24) is 5.32 Å². The van der Waals surface area contributed by atoms with Crippen LogP contribution in [0.1, 0.15) is 24.0 Å². The van der Waals surface area contributed by atoms with E-state index < -0.39 is 18.9 Å². The molecule has 1 fully saturated rings. The monoisotopic (exact) mass is 346 g/mol. The number of halogens is 3. The predicted molar refractivity (Wildman–Crippen MR) is 80.9 cm³/mol. The molecule has 3 N–H and O–H groups in total. The highest BCUT2D eigenvalue weighted by molar-refractivity contribution is 5.81. The van der Waals surface area contributed by atoms with Gasteiger partial charge in [0.25, 0.3) is 0 Å². The van der Waals surface area contributed by atoms with E-state index in [2.05, 4.69) is 10.1 Å². The first-order valence-corrected chi connectivity index (χ1v) is 7.73. The van der Waals surface area contributed by atoms with Crippen molar-refractivity contribution in [3.8, 4) is 0 Å². The van der Waals surface area contributed by atoms with Crippen molar-refractivity contribution in [3.63, 3.8) is 0 Å². The van der Waals surface area contributed by atoms with E-state index in [0.29, 0.717) is 25.1 Å². The maximum Gasteiger partial charge on any atom is 0.411 e. The summed E-state index contributed by atoms with van der Waals surface area (Å²) in [4.78, 5) is 12.0. The first-order valence-electron chi connectivity index (χ1n) is 7.73. The lowest BCUT2D eigenvalue weighted by atomic mass is 10.1. The standard InChI is InChI=1S/C16H21F3N2O3/c17-16(18,19)10-23-9-12-3-1-11(2-4-12)8-21-15(22)14-6-5-13(7-20)24-14/h1-4,13-14H,5-10,20H2,(H,21,22)/t13-,14+/m1/s1. The quantitative estimate of drug-likeness (QED) is 0.791. The number of nitrogens with one attached hydrogen (secondary N) is 1. The minimum atomic E-state index is -4.32. The number of hydrogen-bond acceptors (Lipinski definition) is 4. The molecule has 2 atom stereocenters. The Kier molecular flexibility index (Phi) is 6.59. The molecule has 1 saturated heterocycles. The average Bonchev–Trinajstić information content (AvgIpc) is 3.02. The van der Waals surface area contributed by atoms with Crippen LogP contribution in [0.25, 0.3) is 0 Å². The number of hydrogen-bond donors (Lipinski definition) is 2. The van der Waals surface area contributed by atoms with Gasteiger partial charge in [0.2, 0.25) is 5.91 Å². The van der Waals surface area contributed by atoms with E-state index in [9.17, 15) is 18.0 Å². The first kappa shape index (κ1) is 18.7. The van der Waals surface area contributed by atoms with Crippen LogP contribution >= 0.6 is 0 Å². The second-order valence-electron chi connectivity index (χ2n) is 5.70. The Morgan fingerprint density at radius 3 is 2.50 bits per heavy atom. The van der Waals surface area contributed by atoms with Gasteiger partial charge in [0.05, 0.1) is 12.7 Å². The highest BCUT2D eigenvalue weighted by Gasteiger charge is 2.29. The topological polar surface area (TPSA) is 73.6 Å². The van der Waals surface area contributed by atoms with Crippen LogP contribution in [-0.4, -0.2) is 37.4 Å². The van der Waals surface area contributed by atoms with E-state index in [1.54, 1.807) is 24.3 Å². The molecule has 0 bridgehead atoms. The number of alkyl halides is 3. The first-order chi connectivity index (χ1) is 11.4. The van der Waals surface area contributed by atoms with E-state index in [4.69, 9.17) is 10.5 Å². The van der Waals surface area contributed by atoms with E-state index >= 15 is 0 Å². The van der Waals surface area contributed by atoms with Gasteiger partial charge in [0.15, 0.2) is 0 Å². The summed E-state index contributed by atoms with van der Waals surface area (Å²) in [5.41, 5.74) is 6.99. The SMILES string of the molecule is NC[C@H]1CC[C@@H](C(=O)NCc2ccc(COCC(F)(F)F)cc2)O1. The van der Waals surface area contributed by atoms with Gasteiger partial charge < -0.3 is 20.5 Å². The van der Waals surface area contributed by atoms with Crippen molar-refractivity contribution < 1.29 is 27.4 Å². The van der Waals surface area contributed by atoms with E-state index in [0.717, 1.165) is 12.0 Å². The third kappa shape index (κ3) is 6.10. The fourth-order valence-corrected chi connectivity index (χ4v) is 2.41. The summed E-state index contributed by atoms with van der Waals surface area (Å²) < 4.78 is 46.1. The molecule has 1 aliphatic rings. The van der Waals surface area contributed by atoms with Gasteiger partial charge in [-0.25, -0.2) is 0 Å². The van der Waals surface area contributed by atoms with Crippen molar-refractivity contribution in [2.24, 2.45) is 5.73 Å². The minimum absolute atomic E-state index is 0.0586. The lowest BCUT2D eigenvalue weighted by Gasteiger charge is -2.13. The molecule has 1 aromatic carbocycles. The number of carbonyl (C=O) groups excluding carboxylic acids is 1. The van der Waals surface area contributed by atoms with E-state index in [-0.39, 0.29) is 18.6 Å². The summed E-state index contributed by atoms with van der Waals surface area (Å²) >= 11 is 0. The fraction of sp³-hybridized carbons (Fsp3) is 0.562. The van der Waals surface area contributed by atoms with Crippen molar-refractivity contribution in [2.45, 2.75) is 44.4 Å². The molecular formula is C16H21F3N2O3. The van der Waals surface area contributed by atoms with Gasteiger partial charge >= 0.3 is 6.18 Å². The lowest BCUT2D eigenvalue weighted by Crippen LogP contribution is -2.35. The molecule has 8 heteroatoms. The Hall–Kier alpha value is -1.64. The minimum Gasteiger partial charge on any atom is -0.367 e. The smallest absolute Gasteiger partial charge is 0.367 e. The maximum atomic E-state index is 12.0. The second kappa shape index (κ2) is 8.46. The summed E-state index contributed by atoms with van der Waals surface area (Å²) in [5, 5.41) is 2.78. The molecule has 0 aliphatic carbocycles. The van der Waals surface area contributed by atoms with Crippen LogP contribution in [0, 0.1) is 0 Å². The summed E-state index contributed by atoms with van der Waals surface area (Å²) in [6, 6.07) is 6.83. The molecule has 0 aromatic heterocycles. The van der Waals surface area contributed by atoms with Crippen LogP contribution in [0.5, 0.6) is 0 Å². The number of benzene rings is 1. The Bertz CT molecular complexity index is 534. The molecule has 0 unspecified atom stereocenters. The normalized spacial score (nSPS) is 21.0. The highest BCUT2D eigenvalue weighted by Crippen LogP contribution is 2.19. The molecule has 0 radical (unpaired) electrons. The van der Waals surface area contributed by atoms with E-state index in [1.165, 1.54) is 0 Å². The Morgan fingerprint density at radius 2 is 1.92 bits per heavy atom. The molecule has 134 valence electrons. The van der Waals surface area contributed by atoms with Gasteiger partial charge in [0.1, 0.15) is 12.7 Å². The Labute approximate surface area is 138 Å². The predicted octanol–water partition coefficient (Wildman–Crippen LogP) is 1.89. The molecule has 1 heterocycles. The van der Waals surface area contributed by atoms with E-state index in [1.807, 2.05) is 0 Å². The van der Waals surface area contributed by atoms with Gasteiger partial charge in [-0.15, -0.1) is 0 Å². The number of nitrogens with two attached hydrogens (primary N) is 1. The molecule has 1 aliphatic heterocycles. The number of carbonyl (C=O) groups is 1. The maximum absolute atomic E-state index is 12.0. The van der Waals surface area contributed by atoms with Crippen molar-refractivity contribution in [1.29, 1.82) is 0 Å². The van der Waals surface area contributed by atoms with Gasteiger partial charge in [-0.2, -0.15) is 13.2 Å². The molecule has 2 rings (SSSR count). The largest absolute Gasteiger partial charge is 0.411 e. The van der Waals surface area contributed by atoms with Crippen LogP contribution in [-0.2, 0) is 27.4 Å². The number of ether oxygens (including phenoxy) is 2. The zero-order chi connectivity index (χ0) is 17.6. The van der Waals surface area contributed by atoms with Gasteiger partial charge in [0, 0.05) is 13.1 Å². The van der Waals surface area contributed by atoms with Crippen LogP contribution in [0.4, 0.5) is 13.2 Å². The molecular weight excluding hydrogens is 325 g/mol. The Morgan fingerprint density at radius 1 is 1.25 bits per heavy atom. The summed E-state index contributed by atoms with van der Waals surface area (Å²) in [5.74, 6) is -0.177. The highest BCUT2D eigenvalue weighted by atomic mass is 19.4. The van der Waals surface area contributed by atoms with Gasteiger partial charge in [-0.3, -0.25) is 4.79 Å². The molecule has 5 nitrogen and oxygen atoms in total. The van der Waals surface area contributed by atoms with Crippen LogP contribution in [0.3, 0.4) is 0 Å². The second-order valence-corrected chi connectivity index (χ2v) is 5.70. The number of rotatable bonds is 7. The van der Waals surface area contributed by atoms with Gasteiger partial charge in [-0.1, -0.05) is 24.3 Å². The summed E-state index contributed by atoms with van der Waals surface area (Å²) in [6.45, 7) is -0.643. The molecule has 0 saturated carbocycles. The van der Waals surface area contributed by atoms with Crippen LogP contribution in [0.15, 0.2) is 24.3 Å². The Balaban J connectivity index is 1.72. The summed E-state index contributed by atoms with van der Waals surface area (Å²) in [7, 11) is 0. The van der Waals surface area contributed by atoms with Crippen molar-refractivity contribution in [2.75, 3.05) is 13.2 Å². The zero-order valence-electron chi connectivity index (χ0n) is 13.1. The van der Waals surface area contributed by atoms with Crippen LogP contribution < -0.4 is 11.1 Å². The third-order valence-corrected chi connectivity index (χ3v) is 3.69. The van der Waals surface area contributed by atoms with Crippen LogP contribution in [0.2, 0.25) is 0 Å².